The molecule has 0 saturated carbocycles. The lowest BCUT2D eigenvalue weighted by Crippen LogP contribution is -2.24. The molecule has 326 valence electrons. The zero-order valence-electron chi connectivity index (χ0n) is 33.8. The number of carboxylic acid groups (broad SMARTS) is 1. The summed E-state index contributed by atoms with van der Waals surface area (Å²) in [6, 6.07) is 14.7. The second-order valence-corrected chi connectivity index (χ2v) is 22.8. The molecule has 62 heavy (non-hydrogen) atoms. The lowest BCUT2D eigenvalue weighted by atomic mass is 10.2. The Kier molecular flexibility index (Phi) is 27.4. The highest BCUT2D eigenvalue weighted by atomic mass is 127. The number of hydrogen-bond acceptors (Lipinski definition) is 14. The van der Waals surface area contributed by atoms with Crippen LogP contribution in [0.3, 0.4) is 0 Å². The van der Waals surface area contributed by atoms with Crippen LogP contribution in [-0.2, 0) is 20.7 Å². The molecule has 6 rings (SSSR count). The number of halogens is 5. The lowest BCUT2D eigenvalue weighted by molar-refractivity contribution is 0.0685. The molecule has 6 aromatic heterocycles. The first-order chi connectivity index (χ1) is 29.4. The Morgan fingerprint density at radius 3 is 1.65 bits per heavy atom. The number of aryl methyl sites for hydroxylation is 2. The first-order valence-electron chi connectivity index (χ1n) is 17.3. The number of rotatable bonds is 6. The maximum Gasteiger partial charge on any atom is 0.356 e. The number of carbonyl (C=O) groups is 1. The number of hydrogen-bond donors (Lipinski definition) is 5. The highest BCUT2D eigenvalue weighted by Gasteiger charge is 2.20. The van der Waals surface area contributed by atoms with Gasteiger partial charge >= 0.3 is 5.97 Å². The fourth-order valence-electron chi connectivity index (χ4n) is 3.74. The van der Waals surface area contributed by atoms with Crippen LogP contribution in [0.5, 0.6) is 0 Å². The highest BCUT2D eigenvalue weighted by molar-refractivity contribution is 14.1. The van der Waals surface area contributed by atoms with E-state index in [0.29, 0.717) is 28.5 Å². The van der Waals surface area contributed by atoms with Gasteiger partial charge in [0.05, 0.1) is 31.8 Å². The van der Waals surface area contributed by atoms with Gasteiger partial charge in [0.2, 0.25) is 4.91 Å². The molecule has 0 aromatic carbocycles. The summed E-state index contributed by atoms with van der Waals surface area (Å²) in [5, 5.41) is 53.1. The Morgan fingerprint density at radius 1 is 0.790 bits per heavy atom. The van der Waals surface area contributed by atoms with Crippen LogP contribution in [0.2, 0.25) is 19.6 Å². The Bertz CT molecular complexity index is 2390. The average molecular weight is 1230 g/mol. The molecule has 0 atom stereocenters. The largest absolute Gasteiger partial charge is 0.476 e. The van der Waals surface area contributed by atoms with Crippen molar-refractivity contribution in [2.24, 2.45) is 19.2 Å². The highest BCUT2D eigenvalue weighted by Crippen LogP contribution is 2.21. The van der Waals surface area contributed by atoms with Gasteiger partial charge in [-0.05, 0) is 141 Å². The maximum atomic E-state index is 11.0. The molecule has 18 nitrogen and oxygen atoms in total. The Labute approximate surface area is 406 Å². The van der Waals surface area contributed by atoms with Crippen molar-refractivity contribution in [3.63, 3.8) is 0 Å². The third kappa shape index (κ3) is 22.6. The van der Waals surface area contributed by atoms with E-state index in [4.69, 9.17) is 26.0 Å². The molecular weight excluding hydrogens is 1190 g/mol. The van der Waals surface area contributed by atoms with Crippen molar-refractivity contribution in [3.8, 4) is 47.0 Å². The number of nitrogens with zero attached hydrogens (tertiary/aromatic N) is 12. The van der Waals surface area contributed by atoms with Crippen LogP contribution in [0.1, 0.15) is 21.9 Å². The molecule has 0 spiro atoms. The zero-order valence-corrected chi connectivity index (χ0v) is 43.3. The number of aliphatic hydroxyl groups excluding tert-OH is 3. The van der Waals surface area contributed by atoms with Crippen LogP contribution in [-0.4, -0.2) is 104 Å². The van der Waals surface area contributed by atoms with Gasteiger partial charge in [-0.2, -0.15) is 0 Å². The molecule has 5 N–H and O–H groups in total. The molecule has 0 unspecified atom stereocenters. The van der Waals surface area contributed by atoms with Crippen molar-refractivity contribution in [1.29, 1.82) is 5.53 Å². The summed E-state index contributed by atoms with van der Waals surface area (Å²) >= 11 is 15.3. The third-order valence-electron chi connectivity index (χ3n) is 6.48. The second-order valence-electron chi connectivity index (χ2n) is 12.5. The summed E-state index contributed by atoms with van der Waals surface area (Å²) in [7, 11) is 2.21. The number of aromatic carboxylic acids is 1. The summed E-state index contributed by atoms with van der Waals surface area (Å²) in [6.07, 6.45) is 12.0. The van der Waals surface area contributed by atoms with Gasteiger partial charge in [-0.1, -0.05) is 41.9 Å². The van der Waals surface area contributed by atoms with Gasteiger partial charge in [0.1, 0.15) is 50.8 Å². The van der Waals surface area contributed by atoms with Crippen LogP contribution in [0.4, 0.5) is 0 Å². The lowest BCUT2D eigenvalue weighted by Gasteiger charge is -2.05. The molecule has 24 heteroatoms. The van der Waals surface area contributed by atoms with Gasteiger partial charge in [0.15, 0.2) is 5.69 Å². The molecule has 0 amide bonds. The Morgan fingerprint density at radius 2 is 1.27 bits per heavy atom. The van der Waals surface area contributed by atoms with E-state index in [2.05, 4.69) is 175 Å². The number of pyridine rings is 4. The number of carboxylic acids is 1. The van der Waals surface area contributed by atoms with Crippen molar-refractivity contribution in [1.82, 2.24) is 54.8 Å². The molecule has 0 saturated heterocycles. The molecule has 0 aliphatic heterocycles. The standard InChI is InChI=1S/C9H7BrN4O2.C9H9BrN4O.C8H6BrNO.C5H3BrIN.C4H12N3Si.C3H4O/c1-14-8(9(15)16)7(12-13-14)6-3-2-5(10)4-11-6;1-14-8(5-15)9(12-13-14)7-3-2-6(10)4-11-7;9-7-3-4-8(10-6-7)2-1-5-11;6-4-1-2-5(7)8-3-4;1-8(2,3)4-6-7-5;1-2-3-4/h2-4H,1H3,(H,15,16);2-4,15H,5H2,1H3;3-4,6,11H,5H2;1-3H;5H,4H2,1-3H3;1,4H,3H2/q;;;;+1;. The predicted molar refractivity (Wildman–Crippen MR) is 259 cm³/mol. The second kappa shape index (κ2) is 30.6. The summed E-state index contributed by atoms with van der Waals surface area (Å²) < 4.78 is 7.44. The fraction of sp³-hybridized carbons (Fsp3) is 0.237. The van der Waals surface area contributed by atoms with Crippen LogP contribution < -0.4 is 4.91 Å². The van der Waals surface area contributed by atoms with E-state index in [-0.39, 0.29) is 31.2 Å². The molecule has 0 radical (unpaired) electrons. The van der Waals surface area contributed by atoms with Gasteiger partial charge in [0.25, 0.3) is 0 Å². The summed E-state index contributed by atoms with van der Waals surface area (Å²) in [6.45, 7) is 6.21. The summed E-state index contributed by atoms with van der Waals surface area (Å²) in [5.41, 5.74) is 9.78. The Hall–Kier alpha value is -4.47. The van der Waals surface area contributed by atoms with Gasteiger partial charge in [-0.3, -0.25) is 9.97 Å². The molecule has 0 aliphatic carbocycles. The minimum Gasteiger partial charge on any atom is -0.476 e. The first kappa shape index (κ1) is 55.5. The monoisotopic (exact) mass is 1230 g/mol. The number of nitrogens with one attached hydrogen (secondary N) is 1. The fourth-order valence-corrected chi connectivity index (χ4v) is 5.49. The summed E-state index contributed by atoms with van der Waals surface area (Å²) in [5.74, 6) is 6.11. The van der Waals surface area contributed by atoms with Crippen molar-refractivity contribution in [2.75, 3.05) is 19.4 Å². The average Bonchev–Trinajstić information content (AvgIpc) is 3.83. The van der Waals surface area contributed by atoms with Gasteiger partial charge in [0, 0.05) is 56.8 Å². The van der Waals surface area contributed by atoms with Crippen LogP contribution in [0, 0.1) is 33.4 Å². The maximum absolute atomic E-state index is 11.0. The molecule has 6 heterocycles. The van der Waals surface area contributed by atoms with E-state index in [9.17, 15) is 4.79 Å². The number of aromatic nitrogens is 10. The third-order valence-corrected chi connectivity index (χ3v) is 10.1. The van der Waals surface area contributed by atoms with Crippen molar-refractivity contribution in [3.05, 3.63) is 112 Å². The Balaban J connectivity index is 0.000000389. The topological polar surface area (TPSA) is 261 Å². The van der Waals surface area contributed by atoms with Crippen molar-refractivity contribution < 1.29 is 25.2 Å². The van der Waals surface area contributed by atoms with E-state index in [1.807, 2.05) is 36.3 Å². The smallest absolute Gasteiger partial charge is 0.356 e. The van der Waals surface area contributed by atoms with E-state index in [1.165, 1.54) is 11.7 Å². The zero-order chi connectivity index (χ0) is 46.7. The SMILES string of the molecule is Brc1ccc(I)nc1.C#CCO.C[Si](C)(C)CN=[N+]=N.Cn1nnc(-c2ccc(Br)cn2)c1C(=O)O.Cn1nnc(-c2ccc(Br)cn2)c1CO.OCC#Cc1ccc(Br)cn1. The molecule has 0 aliphatic rings. The van der Waals surface area contributed by atoms with Crippen molar-refractivity contribution in [2.45, 2.75) is 26.2 Å². The van der Waals surface area contributed by atoms with Crippen LogP contribution in [0.25, 0.3) is 22.8 Å². The quantitative estimate of drug-likeness (QED) is 0.0278. The normalized spacial score (nSPS) is 9.61. The van der Waals surface area contributed by atoms with E-state index in [1.54, 1.807) is 54.7 Å². The van der Waals surface area contributed by atoms with E-state index >= 15 is 0 Å². The van der Waals surface area contributed by atoms with Crippen LogP contribution >= 0.6 is 86.3 Å². The minimum atomic E-state index is -1.08. The number of aliphatic hydroxyl groups is 3. The molecule has 6 aromatic rings. The van der Waals surface area contributed by atoms with Crippen molar-refractivity contribution >= 4 is 100 Å². The number of terminal acetylenes is 1. The van der Waals surface area contributed by atoms with Gasteiger partial charge < -0.3 is 20.4 Å². The van der Waals surface area contributed by atoms with E-state index in [0.717, 1.165) is 27.8 Å². The molecule has 0 bridgehead atoms. The predicted octanol–water partition coefficient (Wildman–Crippen LogP) is 7.13. The van der Waals surface area contributed by atoms with Crippen LogP contribution in [0.15, 0.2) is 96.3 Å². The molecule has 0 fully saturated rings. The molecular formula is C38H41Br4IN13O5Si+. The summed E-state index contributed by atoms with van der Waals surface area (Å²) in [4.78, 5) is 30.2. The minimum absolute atomic E-state index is 0.0230. The van der Waals surface area contributed by atoms with E-state index < -0.39 is 14.0 Å². The van der Waals surface area contributed by atoms with Gasteiger partial charge in [-0.25, -0.2) is 24.1 Å². The first-order valence-corrected chi connectivity index (χ1v) is 25.3. The van der Waals surface area contributed by atoms with Gasteiger partial charge in [-0.15, -0.1) is 16.6 Å².